The SMILES string of the molecule is CN(C(=O)c1n[nH]c2cc(OC(F)F)ccc12)[C@H]1CN2CCC1CC2. The number of ether oxygens (including phenoxy) is 1. The first-order valence-corrected chi connectivity index (χ1v) is 8.45. The van der Waals surface area contributed by atoms with Gasteiger partial charge in [-0.15, -0.1) is 0 Å². The molecule has 3 fully saturated rings. The molecule has 1 aromatic carbocycles. The second kappa shape index (κ2) is 6.25. The van der Waals surface area contributed by atoms with E-state index in [0.29, 0.717) is 22.5 Å². The van der Waals surface area contributed by atoms with Gasteiger partial charge in [0.25, 0.3) is 5.91 Å². The van der Waals surface area contributed by atoms with E-state index in [-0.39, 0.29) is 17.7 Å². The number of likely N-dealkylation sites (N-methyl/N-ethyl adjacent to an activating group) is 1. The number of hydrogen-bond donors (Lipinski definition) is 1. The van der Waals surface area contributed by atoms with Gasteiger partial charge >= 0.3 is 6.61 Å². The lowest BCUT2D eigenvalue weighted by Gasteiger charge is -2.47. The fourth-order valence-electron chi connectivity index (χ4n) is 4.03. The minimum absolute atomic E-state index is 0.0379. The van der Waals surface area contributed by atoms with Gasteiger partial charge in [-0.25, -0.2) is 0 Å². The average Bonchev–Trinajstić information content (AvgIpc) is 3.04. The van der Waals surface area contributed by atoms with Crippen LogP contribution in [0.3, 0.4) is 0 Å². The summed E-state index contributed by atoms with van der Waals surface area (Å²) in [7, 11) is 1.82. The number of hydrogen-bond acceptors (Lipinski definition) is 4. The van der Waals surface area contributed by atoms with Crippen LogP contribution in [0.25, 0.3) is 10.9 Å². The minimum atomic E-state index is -2.88. The van der Waals surface area contributed by atoms with E-state index in [1.54, 1.807) is 11.0 Å². The monoisotopic (exact) mass is 350 g/mol. The van der Waals surface area contributed by atoms with Gasteiger partial charge in [0.1, 0.15) is 5.75 Å². The van der Waals surface area contributed by atoms with Gasteiger partial charge in [-0.1, -0.05) is 0 Å². The molecule has 25 heavy (non-hydrogen) atoms. The zero-order chi connectivity index (χ0) is 17.6. The molecule has 0 spiro atoms. The molecule has 0 aliphatic carbocycles. The molecule has 8 heteroatoms. The third-order valence-corrected chi connectivity index (χ3v) is 5.40. The van der Waals surface area contributed by atoms with Crippen LogP contribution in [-0.2, 0) is 0 Å². The van der Waals surface area contributed by atoms with Crippen LogP contribution in [-0.4, -0.2) is 65.2 Å². The molecule has 1 amide bonds. The fourth-order valence-corrected chi connectivity index (χ4v) is 4.03. The number of nitrogens with zero attached hydrogens (tertiary/aromatic N) is 3. The number of amides is 1. The average molecular weight is 350 g/mol. The minimum Gasteiger partial charge on any atom is -0.435 e. The molecular weight excluding hydrogens is 330 g/mol. The van der Waals surface area contributed by atoms with E-state index >= 15 is 0 Å². The third-order valence-electron chi connectivity index (χ3n) is 5.40. The van der Waals surface area contributed by atoms with Gasteiger partial charge in [0, 0.05) is 31.1 Å². The number of aromatic amines is 1. The van der Waals surface area contributed by atoms with E-state index in [1.165, 1.54) is 12.1 Å². The molecule has 1 aromatic heterocycles. The molecule has 1 N–H and O–H groups in total. The summed E-state index contributed by atoms with van der Waals surface area (Å²) >= 11 is 0. The summed E-state index contributed by atoms with van der Waals surface area (Å²) in [5.74, 6) is 0.429. The zero-order valence-corrected chi connectivity index (χ0v) is 13.9. The van der Waals surface area contributed by atoms with Crippen molar-refractivity contribution in [2.24, 2.45) is 5.92 Å². The van der Waals surface area contributed by atoms with Crippen molar-refractivity contribution in [2.75, 3.05) is 26.7 Å². The molecule has 2 bridgehead atoms. The Kier molecular flexibility index (Phi) is 4.07. The summed E-state index contributed by atoms with van der Waals surface area (Å²) in [4.78, 5) is 17.1. The quantitative estimate of drug-likeness (QED) is 0.919. The van der Waals surface area contributed by atoms with Crippen molar-refractivity contribution in [1.82, 2.24) is 20.0 Å². The zero-order valence-electron chi connectivity index (χ0n) is 13.9. The lowest BCUT2D eigenvalue weighted by atomic mass is 9.83. The van der Waals surface area contributed by atoms with Gasteiger partial charge in [-0.05, 0) is 44.0 Å². The molecule has 1 atom stereocenters. The lowest BCUT2D eigenvalue weighted by Crippen LogP contribution is -2.57. The Morgan fingerprint density at radius 3 is 2.80 bits per heavy atom. The van der Waals surface area contributed by atoms with Crippen LogP contribution < -0.4 is 4.74 Å². The van der Waals surface area contributed by atoms with Crippen molar-refractivity contribution in [3.05, 3.63) is 23.9 Å². The van der Waals surface area contributed by atoms with Crippen LogP contribution in [0.1, 0.15) is 23.3 Å². The topological polar surface area (TPSA) is 61.5 Å². The normalized spacial score (nSPS) is 25.5. The van der Waals surface area contributed by atoms with Crippen molar-refractivity contribution in [1.29, 1.82) is 0 Å². The molecule has 4 heterocycles. The number of H-pyrrole nitrogens is 1. The third kappa shape index (κ3) is 2.95. The van der Waals surface area contributed by atoms with Crippen molar-refractivity contribution >= 4 is 16.8 Å². The standard InChI is InChI=1S/C17H20F2N4O2/c1-22(14-9-23-6-4-10(14)5-7-23)16(24)15-12-3-2-11(25-17(18)19)8-13(12)20-21-15/h2-3,8,10,14,17H,4-7,9H2,1H3,(H,20,21)/t14-/m0/s1. The molecule has 2 aromatic rings. The van der Waals surface area contributed by atoms with Gasteiger partial charge in [-0.3, -0.25) is 9.89 Å². The van der Waals surface area contributed by atoms with E-state index in [4.69, 9.17) is 0 Å². The summed E-state index contributed by atoms with van der Waals surface area (Å²) in [6.07, 6.45) is 2.25. The molecule has 3 saturated heterocycles. The van der Waals surface area contributed by atoms with Crippen molar-refractivity contribution < 1.29 is 18.3 Å². The predicted molar refractivity (Wildman–Crippen MR) is 87.8 cm³/mol. The number of benzene rings is 1. The summed E-state index contributed by atoms with van der Waals surface area (Å²) in [6.45, 7) is 0.245. The van der Waals surface area contributed by atoms with E-state index in [9.17, 15) is 13.6 Å². The van der Waals surface area contributed by atoms with E-state index < -0.39 is 6.61 Å². The highest BCUT2D eigenvalue weighted by Crippen LogP contribution is 2.31. The largest absolute Gasteiger partial charge is 0.435 e. The number of piperidine rings is 3. The van der Waals surface area contributed by atoms with Crippen LogP contribution >= 0.6 is 0 Å². The van der Waals surface area contributed by atoms with Crippen LogP contribution in [0.4, 0.5) is 8.78 Å². The van der Waals surface area contributed by atoms with Crippen LogP contribution in [0, 0.1) is 5.92 Å². The number of rotatable bonds is 4. The number of nitrogens with one attached hydrogen (secondary N) is 1. The number of halogens is 2. The van der Waals surface area contributed by atoms with Gasteiger partial charge in [0.05, 0.1) is 5.52 Å². The summed E-state index contributed by atoms with van der Waals surface area (Å²) in [5.41, 5.74) is 0.821. The second-order valence-electron chi connectivity index (χ2n) is 6.78. The summed E-state index contributed by atoms with van der Waals surface area (Å²) in [6, 6.07) is 4.64. The Morgan fingerprint density at radius 2 is 2.16 bits per heavy atom. The van der Waals surface area contributed by atoms with Gasteiger partial charge < -0.3 is 14.5 Å². The maximum atomic E-state index is 12.9. The number of alkyl halides is 2. The molecule has 5 rings (SSSR count). The second-order valence-corrected chi connectivity index (χ2v) is 6.78. The van der Waals surface area contributed by atoms with Gasteiger partial charge in [-0.2, -0.15) is 13.9 Å². The predicted octanol–water partition coefficient (Wildman–Crippen LogP) is 2.33. The fraction of sp³-hybridized carbons (Fsp3) is 0.529. The van der Waals surface area contributed by atoms with Crippen LogP contribution in [0.2, 0.25) is 0 Å². The Balaban J connectivity index is 1.57. The Morgan fingerprint density at radius 1 is 1.40 bits per heavy atom. The molecule has 6 nitrogen and oxygen atoms in total. The number of aromatic nitrogens is 2. The first kappa shape index (κ1) is 16.3. The molecule has 0 unspecified atom stereocenters. The molecular formula is C17H20F2N4O2. The van der Waals surface area contributed by atoms with Crippen LogP contribution in [0.5, 0.6) is 5.75 Å². The van der Waals surface area contributed by atoms with Crippen molar-refractivity contribution in [3.63, 3.8) is 0 Å². The first-order chi connectivity index (χ1) is 12.0. The molecule has 3 aliphatic rings. The molecule has 3 aliphatic heterocycles. The van der Waals surface area contributed by atoms with Crippen molar-refractivity contribution in [2.45, 2.75) is 25.5 Å². The summed E-state index contributed by atoms with van der Waals surface area (Å²) in [5, 5.41) is 7.47. The highest BCUT2D eigenvalue weighted by atomic mass is 19.3. The van der Waals surface area contributed by atoms with Gasteiger partial charge in [0.2, 0.25) is 0 Å². The van der Waals surface area contributed by atoms with E-state index in [2.05, 4.69) is 19.8 Å². The molecule has 134 valence electrons. The first-order valence-electron chi connectivity index (χ1n) is 8.45. The molecule has 0 saturated carbocycles. The maximum Gasteiger partial charge on any atom is 0.387 e. The summed E-state index contributed by atoms with van der Waals surface area (Å²) < 4.78 is 29.0. The number of carbonyl (C=O) groups excluding carboxylic acids is 1. The van der Waals surface area contributed by atoms with E-state index in [0.717, 1.165) is 32.5 Å². The molecule has 0 radical (unpaired) electrons. The number of fused-ring (bicyclic) bond motifs is 4. The van der Waals surface area contributed by atoms with Crippen LogP contribution in [0.15, 0.2) is 18.2 Å². The lowest BCUT2D eigenvalue weighted by molar-refractivity contribution is -0.0497. The maximum absolute atomic E-state index is 12.9. The Labute approximate surface area is 143 Å². The Hall–Kier alpha value is -2.22. The highest BCUT2D eigenvalue weighted by molar-refractivity contribution is 6.04. The van der Waals surface area contributed by atoms with Crippen molar-refractivity contribution in [3.8, 4) is 5.75 Å². The van der Waals surface area contributed by atoms with E-state index in [1.807, 2.05) is 7.05 Å². The smallest absolute Gasteiger partial charge is 0.387 e. The highest BCUT2D eigenvalue weighted by Gasteiger charge is 2.38. The Bertz CT molecular complexity index is 786. The number of carbonyl (C=O) groups is 1. The van der Waals surface area contributed by atoms with Gasteiger partial charge in [0.15, 0.2) is 5.69 Å².